The van der Waals surface area contributed by atoms with E-state index in [9.17, 15) is 34.8 Å². The molecule has 1 aromatic heterocycles. The van der Waals surface area contributed by atoms with Gasteiger partial charge in [-0.25, -0.2) is 4.98 Å². The molecule has 7 bridgehead atoms. The van der Waals surface area contributed by atoms with E-state index in [0.29, 0.717) is 24.7 Å². The largest absolute Gasteiger partial charge is 0.507 e. The van der Waals surface area contributed by atoms with Gasteiger partial charge in [-0.1, -0.05) is 59.8 Å². The molecule has 10 atom stereocenters. The van der Waals surface area contributed by atoms with Gasteiger partial charge in [0.05, 0.1) is 46.9 Å². The summed E-state index contributed by atoms with van der Waals surface area (Å²) in [6, 6.07) is 3.19. The number of rotatable bonds is 4. The van der Waals surface area contributed by atoms with Crippen molar-refractivity contribution >= 4 is 56.0 Å². The smallest absolute Gasteiger partial charge is 0.307 e. The van der Waals surface area contributed by atoms with Crippen LogP contribution in [0.5, 0.6) is 11.5 Å². The van der Waals surface area contributed by atoms with Crippen molar-refractivity contribution in [2.75, 3.05) is 50.1 Å². The summed E-state index contributed by atoms with van der Waals surface area (Å²) >= 11 is 0. The van der Waals surface area contributed by atoms with Crippen molar-refractivity contribution in [2.24, 2.45) is 29.6 Å². The number of aromatic nitrogens is 1. The van der Waals surface area contributed by atoms with E-state index >= 15 is 0 Å². The normalized spacial score (nSPS) is 32.7. The van der Waals surface area contributed by atoms with Crippen LogP contribution in [0.15, 0.2) is 62.3 Å². The predicted molar refractivity (Wildman–Crippen MR) is 256 cm³/mol. The number of piperazine rings is 1. The fourth-order valence-corrected chi connectivity index (χ4v) is 10.3. The standard InChI is InChI=1S/C51H64N4O12/c1-24(2)23-54-16-18-55(19-17-54)31-21-32(56)38-34(22-31)65-47-39(52-38)35-36-43(59)29(7)46-37(35)48(61)51(10,67-46)64-20-14-33(63-11)26(4)41(57)27(5)42(58)28(6)45-30(8)50(9,66-45)15-12-13-25(3)49(62)53-40(47)44(36)60/h12-15,20-22,24,26-28,30,33,41-42,45,57-59,61H,16-19,23H2,1-11H3,(H,53,62)/b15-12+,20-14+,25-13-/t26-,27+,28+,30-,33+,41-,42+,45-,50+,51+/m1/s1. The SMILES string of the molecule is CO[C@H]1/C=C/O[C@@]2(C)Oc3c(C)c(O)c4c(=O)c(c5oc6cc(N7CCN(CC(C)C)CC7)cc(=O)c6nc5c4c3=C2O)NC(=O)/C(C)=C\C=C\[C@]2(C)O[C@H]([C@@H](C)[C@@H](O)[C@@H](C)[C@H](O)[C@@H]1C)[C@H]2C. The molecule has 7 aliphatic rings. The lowest BCUT2D eigenvalue weighted by molar-refractivity contribution is -0.251. The third kappa shape index (κ3) is 8.24. The van der Waals surface area contributed by atoms with Gasteiger partial charge in [-0.15, -0.1) is 0 Å². The topological polar surface area (TPSA) is 214 Å². The second kappa shape index (κ2) is 17.9. The van der Waals surface area contributed by atoms with E-state index in [1.54, 1.807) is 45.1 Å². The Balaban J connectivity index is 1.32. The molecule has 0 saturated carbocycles. The summed E-state index contributed by atoms with van der Waals surface area (Å²) in [5.41, 5.74) is -1.78. The van der Waals surface area contributed by atoms with Gasteiger partial charge in [0, 0.05) is 105 Å². The number of fused-ring (bicyclic) bond motifs is 1. The number of nitrogens with one attached hydrogen (secondary N) is 1. The molecule has 1 amide bonds. The van der Waals surface area contributed by atoms with E-state index < -0.39 is 69.8 Å². The highest BCUT2D eigenvalue weighted by molar-refractivity contribution is 6.16. The molecule has 360 valence electrons. The number of phenols is 1. The molecule has 67 heavy (non-hydrogen) atoms. The molecule has 8 heterocycles. The molecule has 7 aliphatic heterocycles. The van der Waals surface area contributed by atoms with Crippen LogP contribution in [0.3, 0.4) is 0 Å². The van der Waals surface area contributed by atoms with Crippen LogP contribution in [-0.2, 0) is 19.0 Å². The Labute approximate surface area is 389 Å². The lowest BCUT2D eigenvalue weighted by Gasteiger charge is -2.54. The van der Waals surface area contributed by atoms with Crippen molar-refractivity contribution in [1.82, 2.24) is 9.88 Å². The van der Waals surface area contributed by atoms with Crippen LogP contribution < -0.4 is 31.0 Å². The number of aliphatic hydroxyl groups is 3. The van der Waals surface area contributed by atoms with Crippen LogP contribution in [0, 0.1) is 36.5 Å². The number of aromatic hydroxyl groups is 1. The number of phenolic OH excluding ortho intramolecular Hbond substituents is 1. The summed E-state index contributed by atoms with van der Waals surface area (Å²) in [5.74, 6) is -4.64. The minimum atomic E-state index is -1.94. The van der Waals surface area contributed by atoms with E-state index in [4.69, 9.17) is 28.3 Å². The molecule has 0 unspecified atom stereocenters. The maximum atomic E-state index is 14.9. The van der Waals surface area contributed by atoms with Gasteiger partial charge >= 0.3 is 5.79 Å². The molecule has 11 rings (SSSR count). The molecule has 4 aromatic rings. The summed E-state index contributed by atoms with van der Waals surface area (Å²) in [5, 5.41) is 49.5. The summed E-state index contributed by atoms with van der Waals surface area (Å²) in [6.07, 6.45) is 4.92. The second-order valence-electron chi connectivity index (χ2n) is 19.8. The molecule has 16 heteroatoms. The molecule has 5 N–H and O–H groups in total. The average molecular weight is 925 g/mol. The Morgan fingerprint density at radius 2 is 1.63 bits per heavy atom. The zero-order valence-corrected chi connectivity index (χ0v) is 40.2. The minimum Gasteiger partial charge on any atom is -0.507 e. The fraction of sp³-hybridized carbons (Fsp3) is 0.529. The molecule has 16 nitrogen and oxygen atoms in total. The van der Waals surface area contributed by atoms with E-state index in [-0.39, 0.29) is 78.7 Å². The van der Waals surface area contributed by atoms with Crippen LogP contribution in [0.25, 0.3) is 38.7 Å². The number of benzene rings is 3. The lowest BCUT2D eigenvalue weighted by Crippen LogP contribution is -2.60. The molecular formula is C51H64N4O12. The molecule has 0 aliphatic carbocycles. The van der Waals surface area contributed by atoms with Crippen LogP contribution >= 0.6 is 0 Å². The van der Waals surface area contributed by atoms with Gasteiger partial charge in [0.2, 0.25) is 10.9 Å². The van der Waals surface area contributed by atoms with E-state index in [0.717, 1.165) is 19.6 Å². The summed E-state index contributed by atoms with van der Waals surface area (Å²) in [6.45, 7) is 22.2. The number of nitrogens with zero attached hydrogens (tertiary/aromatic N) is 3. The predicted octanol–water partition coefficient (Wildman–Crippen LogP) is 5.56. The summed E-state index contributed by atoms with van der Waals surface area (Å²) < 4.78 is 31.1. The zero-order valence-electron chi connectivity index (χ0n) is 40.2. The van der Waals surface area contributed by atoms with Crippen molar-refractivity contribution in [3.63, 3.8) is 0 Å². The third-order valence-electron chi connectivity index (χ3n) is 14.8. The number of amides is 1. The number of methoxy groups -OCH3 is 1. The number of carbonyl (C=O) groups is 1. The van der Waals surface area contributed by atoms with Crippen molar-refractivity contribution < 1.29 is 48.6 Å². The van der Waals surface area contributed by atoms with Gasteiger partial charge in [0.1, 0.15) is 22.7 Å². The van der Waals surface area contributed by atoms with Gasteiger partial charge < -0.3 is 54.0 Å². The van der Waals surface area contributed by atoms with Crippen LogP contribution in [-0.4, -0.2) is 112 Å². The Morgan fingerprint density at radius 1 is 0.940 bits per heavy atom. The number of hydrogen-bond acceptors (Lipinski definition) is 15. The van der Waals surface area contributed by atoms with Gasteiger partial charge in [-0.3, -0.25) is 19.3 Å². The van der Waals surface area contributed by atoms with Crippen molar-refractivity contribution in [3.8, 4) is 11.5 Å². The average Bonchev–Trinajstić information content (AvgIpc) is 3.56. The summed E-state index contributed by atoms with van der Waals surface area (Å²) in [7, 11) is 1.48. The fourth-order valence-electron chi connectivity index (χ4n) is 10.3. The van der Waals surface area contributed by atoms with Gasteiger partial charge in [-0.2, -0.15) is 0 Å². The Bertz CT molecular complexity index is 2900. The first-order chi connectivity index (χ1) is 31.6. The van der Waals surface area contributed by atoms with E-state index in [1.165, 1.54) is 33.3 Å². The molecule has 3 aromatic carbocycles. The molecule has 0 radical (unpaired) electrons. The second-order valence-corrected chi connectivity index (χ2v) is 19.8. The van der Waals surface area contributed by atoms with Crippen LogP contribution in [0.1, 0.15) is 67.9 Å². The minimum absolute atomic E-state index is 0.0202. The van der Waals surface area contributed by atoms with Crippen molar-refractivity contribution in [2.45, 2.75) is 105 Å². The summed E-state index contributed by atoms with van der Waals surface area (Å²) in [4.78, 5) is 52.4. The highest BCUT2D eigenvalue weighted by atomic mass is 16.7. The highest BCUT2D eigenvalue weighted by Crippen LogP contribution is 2.46. The van der Waals surface area contributed by atoms with Gasteiger partial charge in [0.25, 0.3) is 5.91 Å². The first kappa shape index (κ1) is 48.0. The highest BCUT2D eigenvalue weighted by Gasteiger charge is 2.52. The number of hydrogen-bond donors (Lipinski definition) is 5. The lowest BCUT2D eigenvalue weighted by atomic mass is 9.70. The number of allylic oxidation sites excluding steroid dienone is 2. The van der Waals surface area contributed by atoms with Crippen LogP contribution in [0.2, 0.25) is 0 Å². The number of ether oxygens (including phenoxy) is 4. The van der Waals surface area contributed by atoms with Gasteiger partial charge in [0.15, 0.2) is 22.4 Å². The zero-order chi connectivity index (χ0) is 48.6. The van der Waals surface area contributed by atoms with E-state index in [2.05, 4.69) is 29.0 Å². The third-order valence-corrected chi connectivity index (χ3v) is 14.8. The number of aliphatic hydroxyl groups excluding tert-OH is 3. The van der Waals surface area contributed by atoms with Crippen molar-refractivity contribution in [1.29, 1.82) is 0 Å². The Morgan fingerprint density at radius 3 is 2.28 bits per heavy atom. The first-order valence-electron chi connectivity index (χ1n) is 23.2. The number of carbonyl (C=O) groups excluding carboxylic acids is 1. The Kier molecular flexibility index (Phi) is 12.8. The monoisotopic (exact) mass is 924 g/mol. The maximum Gasteiger partial charge on any atom is 0.307 e. The molecule has 0 spiro atoms. The quantitative estimate of drug-likeness (QED) is 0.125. The number of anilines is 2. The molecular weight excluding hydrogens is 861 g/mol. The van der Waals surface area contributed by atoms with Crippen LogP contribution in [0.4, 0.5) is 11.4 Å². The van der Waals surface area contributed by atoms with Crippen molar-refractivity contribution in [3.05, 3.63) is 79.5 Å². The van der Waals surface area contributed by atoms with Gasteiger partial charge in [-0.05, 0) is 32.8 Å². The molecule has 2 saturated heterocycles. The van der Waals surface area contributed by atoms with E-state index in [1.807, 2.05) is 26.8 Å². The first-order valence-corrected chi connectivity index (χ1v) is 23.2. The Hall–Kier alpha value is -5.52. The molecule has 2 fully saturated rings. The maximum absolute atomic E-state index is 14.9.